The lowest BCUT2D eigenvalue weighted by Gasteiger charge is -2.11. The predicted octanol–water partition coefficient (Wildman–Crippen LogP) is 3.35. The zero-order valence-corrected chi connectivity index (χ0v) is 10.6. The van der Waals surface area contributed by atoms with Crippen LogP contribution in [0.3, 0.4) is 0 Å². The fraction of sp³-hybridized carbons (Fsp3) is 0.125. The topological polar surface area (TPSA) is 59.6 Å². The summed E-state index contributed by atoms with van der Waals surface area (Å²) in [6.07, 6.45) is 0. The second kappa shape index (κ2) is 5.71. The number of nitrogens with one attached hydrogen (secondary N) is 1. The van der Waals surface area contributed by atoms with Gasteiger partial charge in [-0.1, -0.05) is 24.3 Å². The van der Waals surface area contributed by atoms with Crippen LogP contribution in [0.5, 0.6) is 0 Å². The maximum atomic E-state index is 9.09. The zero-order valence-electron chi connectivity index (χ0n) is 10.6. The van der Waals surface area contributed by atoms with Crippen molar-refractivity contribution in [3.8, 4) is 12.1 Å². The third-order valence-electron chi connectivity index (χ3n) is 2.92. The summed E-state index contributed by atoms with van der Waals surface area (Å²) in [4.78, 5) is 0. The molecule has 0 atom stereocenters. The first-order valence-corrected chi connectivity index (χ1v) is 5.97. The Bertz CT molecular complexity index is 675. The Hall–Kier alpha value is -2.78. The molecule has 0 saturated heterocycles. The Morgan fingerprint density at radius 1 is 1.05 bits per heavy atom. The number of hydrogen-bond donors (Lipinski definition) is 1. The fourth-order valence-corrected chi connectivity index (χ4v) is 1.94. The van der Waals surface area contributed by atoms with Crippen LogP contribution in [0.15, 0.2) is 42.5 Å². The fourth-order valence-electron chi connectivity index (χ4n) is 1.94. The molecule has 0 bridgehead atoms. The number of nitriles is 2. The first-order chi connectivity index (χ1) is 9.24. The molecule has 0 unspecified atom stereocenters. The molecular weight excluding hydrogens is 234 g/mol. The van der Waals surface area contributed by atoms with Gasteiger partial charge in [0.15, 0.2) is 0 Å². The molecule has 0 fully saturated rings. The molecular formula is C16H13N3. The van der Waals surface area contributed by atoms with Crippen molar-refractivity contribution in [3.05, 3.63) is 64.7 Å². The monoisotopic (exact) mass is 247 g/mol. The summed E-state index contributed by atoms with van der Waals surface area (Å²) in [6.45, 7) is 2.56. The van der Waals surface area contributed by atoms with E-state index in [9.17, 15) is 0 Å². The van der Waals surface area contributed by atoms with Gasteiger partial charge in [-0.05, 0) is 36.2 Å². The van der Waals surface area contributed by atoms with Crippen molar-refractivity contribution < 1.29 is 0 Å². The molecule has 2 aromatic rings. The first-order valence-electron chi connectivity index (χ1n) is 5.97. The van der Waals surface area contributed by atoms with Crippen LogP contribution in [-0.4, -0.2) is 0 Å². The summed E-state index contributed by atoms with van der Waals surface area (Å²) in [6, 6.07) is 17.4. The smallest absolute Gasteiger partial charge is 0.101 e. The van der Waals surface area contributed by atoms with Gasteiger partial charge in [-0.25, -0.2) is 0 Å². The second-order valence-corrected chi connectivity index (χ2v) is 4.28. The van der Waals surface area contributed by atoms with Crippen LogP contribution >= 0.6 is 0 Å². The van der Waals surface area contributed by atoms with Gasteiger partial charge in [0.2, 0.25) is 0 Å². The maximum absolute atomic E-state index is 9.09. The van der Waals surface area contributed by atoms with E-state index in [1.54, 1.807) is 12.1 Å². The average Bonchev–Trinajstić information content (AvgIpc) is 2.46. The van der Waals surface area contributed by atoms with Gasteiger partial charge in [-0.3, -0.25) is 0 Å². The molecule has 2 aromatic carbocycles. The third-order valence-corrected chi connectivity index (χ3v) is 2.92. The van der Waals surface area contributed by atoms with E-state index < -0.39 is 0 Å². The molecule has 1 N–H and O–H groups in total. The molecule has 19 heavy (non-hydrogen) atoms. The third kappa shape index (κ3) is 2.91. The zero-order chi connectivity index (χ0) is 13.7. The Morgan fingerprint density at radius 3 is 2.58 bits per heavy atom. The van der Waals surface area contributed by atoms with Crippen LogP contribution in [0, 0.1) is 29.6 Å². The van der Waals surface area contributed by atoms with Crippen molar-refractivity contribution in [1.29, 1.82) is 10.5 Å². The van der Waals surface area contributed by atoms with E-state index in [4.69, 9.17) is 10.5 Å². The Balaban J connectivity index is 2.20. The van der Waals surface area contributed by atoms with Gasteiger partial charge in [-0.15, -0.1) is 0 Å². The number of benzene rings is 2. The summed E-state index contributed by atoms with van der Waals surface area (Å²) >= 11 is 0. The highest BCUT2D eigenvalue weighted by Crippen LogP contribution is 2.20. The lowest BCUT2D eigenvalue weighted by molar-refractivity contribution is 1.13. The minimum Gasteiger partial charge on any atom is -0.380 e. The maximum Gasteiger partial charge on any atom is 0.101 e. The quantitative estimate of drug-likeness (QED) is 0.904. The van der Waals surface area contributed by atoms with Crippen LogP contribution < -0.4 is 5.32 Å². The van der Waals surface area contributed by atoms with Crippen LogP contribution in [0.25, 0.3) is 0 Å². The molecule has 0 saturated carbocycles. The lowest BCUT2D eigenvalue weighted by atomic mass is 10.1. The predicted molar refractivity (Wildman–Crippen MR) is 74.4 cm³/mol. The van der Waals surface area contributed by atoms with Gasteiger partial charge in [0, 0.05) is 6.54 Å². The van der Waals surface area contributed by atoms with Crippen molar-refractivity contribution in [1.82, 2.24) is 0 Å². The van der Waals surface area contributed by atoms with Crippen molar-refractivity contribution >= 4 is 5.69 Å². The van der Waals surface area contributed by atoms with Gasteiger partial charge >= 0.3 is 0 Å². The van der Waals surface area contributed by atoms with Crippen molar-refractivity contribution in [2.45, 2.75) is 13.5 Å². The number of para-hydroxylation sites is 1. The Kier molecular flexibility index (Phi) is 3.81. The molecule has 3 nitrogen and oxygen atoms in total. The number of nitrogens with zero attached hydrogens (tertiary/aromatic N) is 2. The van der Waals surface area contributed by atoms with E-state index >= 15 is 0 Å². The summed E-state index contributed by atoms with van der Waals surface area (Å²) < 4.78 is 0. The summed E-state index contributed by atoms with van der Waals surface area (Å²) in [5.41, 5.74) is 4.19. The van der Waals surface area contributed by atoms with E-state index in [1.165, 1.54) is 0 Å². The average molecular weight is 247 g/mol. The van der Waals surface area contributed by atoms with E-state index in [0.29, 0.717) is 17.7 Å². The van der Waals surface area contributed by atoms with E-state index in [2.05, 4.69) is 17.5 Å². The highest BCUT2D eigenvalue weighted by molar-refractivity contribution is 5.62. The molecule has 3 heteroatoms. The summed E-state index contributed by atoms with van der Waals surface area (Å²) in [5.74, 6) is 0. The molecule has 0 aliphatic carbocycles. The summed E-state index contributed by atoms with van der Waals surface area (Å²) in [5, 5.41) is 21.2. The second-order valence-electron chi connectivity index (χ2n) is 4.28. The highest BCUT2D eigenvalue weighted by atomic mass is 14.9. The van der Waals surface area contributed by atoms with E-state index in [1.807, 2.05) is 37.3 Å². The van der Waals surface area contributed by atoms with Crippen LogP contribution in [0.1, 0.15) is 22.3 Å². The van der Waals surface area contributed by atoms with Crippen LogP contribution in [0.2, 0.25) is 0 Å². The molecule has 0 amide bonds. The number of rotatable bonds is 3. The number of aryl methyl sites for hydroxylation is 1. The van der Waals surface area contributed by atoms with Gasteiger partial charge in [0.25, 0.3) is 0 Å². The van der Waals surface area contributed by atoms with E-state index in [0.717, 1.165) is 16.8 Å². The molecule has 0 radical (unpaired) electrons. The minimum atomic E-state index is 0.592. The molecule has 0 spiro atoms. The van der Waals surface area contributed by atoms with Crippen molar-refractivity contribution in [3.63, 3.8) is 0 Å². The standard InChI is InChI=1S/C16H13N3/c1-12-4-2-7-15(10-18)16(12)19-11-14-6-3-5-13(8-14)9-17/h2-8,19H,11H2,1H3. The molecule has 0 heterocycles. The van der Waals surface area contributed by atoms with Gasteiger partial charge in [-0.2, -0.15) is 10.5 Å². The van der Waals surface area contributed by atoms with Crippen molar-refractivity contribution in [2.75, 3.05) is 5.32 Å². The normalized spacial score (nSPS) is 9.42. The molecule has 92 valence electrons. The molecule has 0 aromatic heterocycles. The lowest BCUT2D eigenvalue weighted by Crippen LogP contribution is -2.03. The van der Waals surface area contributed by atoms with Gasteiger partial charge in [0.1, 0.15) is 6.07 Å². The highest BCUT2D eigenvalue weighted by Gasteiger charge is 2.04. The summed E-state index contributed by atoms with van der Waals surface area (Å²) in [7, 11) is 0. The minimum absolute atomic E-state index is 0.592. The largest absolute Gasteiger partial charge is 0.380 e. The SMILES string of the molecule is Cc1cccc(C#N)c1NCc1cccc(C#N)c1. The van der Waals surface area contributed by atoms with Crippen LogP contribution in [0.4, 0.5) is 5.69 Å². The number of hydrogen-bond acceptors (Lipinski definition) is 3. The molecule has 0 aliphatic heterocycles. The number of anilines is 1. The van der Waals surface area contributed by atoms with Gasteiger partial charge in [0.05, 0.1) is 22.9 Å². The Labute approximate surface area is 112 Å². The molecule has 2 rings (SSSR count). The van der Waals surface area contributed by atoms with E-state index in [-0.39, 0.29) is 0 Å². The van der Waals surface area contributed by atoms with Crippen molar-refractivity contribution in [2.24, 2.45) is 0 Å². The van der Waals surface area contributed by atoms with Crippen LogP contribution in [-0.2, 0) is 6.54 Å². The van der Waals surface area contributed by atoms with Gasteiger partial charge < -0.3 is 5.32 Å². The molecule has 0 aliphatic rings. The Morgan fingerprint density at radius 2 is 1.84 bits per heavy atom. The first kappa shape index (κ1) is 12.7.